The number of aromatic amines is 1. The fraction of sp³-hybridized carbons (Fsp3) is 0.368. The maximum absolute atomic E-state index is 12.7. The van der Waals surface area contributed by atoms with Crippen LogP contribution in [0.25, 0.3) is 11.3 Å². The third kappa shape index (κ3) is 2.87. The highest BCUT2D eigenvalue weighted by Crippen LogP contribution is 2.39. The van der Waals surface area contributed by atoms with Gasteiger partial charge in [-0.05, 0) is 31.0 Å². The van der Waals surface area contributed by atoms with Crippen molar-refractivity contribution in [3.8, 4) is 17.0 Å². The number of benzene rings is 1. The number of ether oxygens (including phenoxy) is 1. The minimum atomic E-state index is -0.0533. The number of methoxy groups -OCH3 is 1. The first kappa shape index (κ1) is 16.0. The maximum atomic E-state index is 12.7. The van der Waals surface area contributed by atoms with Crippen LogP contribution in [0.3, 0.4) is 0 Å². The summed E-state index contributed by atoms with van der Waals surface area (Å²) in [4.78, 5) is 14.5. The number of hydrogen-bond acceptors (Lipinski definition) is 5. The van der Waals surface area contributed by atoms with E-state index in [2.05, 4.69) is 20.5 Å². The summed E-state index contributed by atoms with van der Waals surface area (Å²) >= 11 is 0. The van der Waals surface area contributed by atoms with Gasteiger partial charge in [0.15, 0.2) is 0 Å². The molecule has 138 valence electrons. The van der Waals surface area contributed by atoms with Crippen LogP contribution in [-0.4, -0.2) is 56.2 Å². The van der Waals surface area contributed by atoms with E-state index in [-0.39, 0.29) is 11.9 Å². The first-order valence-corrected chi connectivity index (χ1v) is 9.12. The van der Waals surface area contributed by atoms with Crippen molar-refractivity contribution in [2.75, 3.05) is 20.2 Å². The maximum Gasteiger partial charge on any atom is 0.272 e. The van der Waals surface area contributed by atoms with Crippen molar-refractivity contribution >= 4 is 5.91 Å². The molecule has 0 radical (unpaired) electrons. The third-order valence-corrected chi connectivity index (χ3v) is 5.24. The molecule has 8 heteroatoms. The van der Waals surface area contributed by atoms with Crippen LogP contribution in [0.2, 0.25) is 0 Å². The van der Waals surface area contributed by atoms with Gasteiger partial charge in [-0.3, -0.25) is 9.89 Å². The standard InChI is InChI=1S/C19H20N6O2/c1-27-18-5-3-2-4-14(18)15-8-16(21-20-15)19(26)24-9-13(10-24)25-11-17(22-23-25)12-6-7-12/h2-5,8,11-13H,6-7,9-10H2,1H3,(H,20,21). The average Bonchev–Trinajstić information content (AvgIpc) is 3.19. The van der Waals surface area contributed by atoms with E-state index in [0.717, 1.165) is 17.0 Å². The lowest BCUT2D eigenvalue weighted by Gasteiger charge is -2.38. The Bertz CT molecular complexity index is 984. The zero-order valence-corrected chi connectivity index (χ0v) is 15.0. The van der Waals surface area contributed by atoms with Crippen LogP contribution in [0.15, 0.2) is 36.5 Å². The second kappa shape index (κ2) is 6.22. The number of aromatic nitrogens is 5. The molecule has 0 bridgehead atoms. The summed E-state index contributed by atoms with van der Waals surface area (Å²) in [5.74, 6) is 1.27. The van der Waals surface area contributed by atoms with Crippen LogP contribution in [0.4, 0.5) is 0 Å². The summed E-state index contributed by atoms with van der Waals surface area (Å²) in [5.41, 5.74) is 3.10. The number of amides is 1. The second-order valence-corrected chi connectivity index (χ2v) is 7.13. The third-order valence-electron chi connectivity index (χ3n) is 5.24. The largest absolute Gasteiger partial charge is 0.496 e. The molecule has 8 nitrogen and oxygen atoms in total. The number of carbonyl (C=O) groups is 1. The van der Waals surface area contributed by atoms with Crippen LogP contribution in [0, 0.1) is 0 Å². The lowest BCUT2D eigenvalue weighted by atomic mass is 10.1. The summed E-state index contributed by atoms with van der Waals surface area (Å²) in [6, 6.07) is 9.59. The Morgan fingerprint density at radius 3 is 2.85 bits per heavy atom. The van der Waals surface area contributed by atoms with Gasteiger partial charge in [0.25, 0.3) is 5.91 Å². The number of likely N-dealkylation sites (tertiary alicyclic amines) is 1. The van der Waals surface area contributed by atoms with Crippen molar-refractivity contribution < 1.29 is 9.53 Å². The molecule has 1 aliphatic heterocycles. The van der Waals surface area contributed by atoms with E-state index in [4.69, 9.17) is 4.74 Å². The predicted molar refractivity (Wildman–Crippen MR) is 97.5 cm³/mol. The van der Waals surface area contributed by atoms with Crippen molar-refractivity contribution in [2.24, 2.45) is 0 Å². The van der Waals surface area contributed by atoms with Crippen LogP contribution in [-0.2, 0) is 0 Å². The fourth-order valence-electron chi connectivity index (χ4n) is 3.42. The van der Waals surface area contributed by atoms with Gasteiger partial charge in [-0.2, -0.15) is 5.10 Å². The number of H-pyrrole nitrogens is 1. The molecule has 2 fully saturated rings. The molecule has 2 aromatic heterocycles. The smallest absolute Gasteiger partial charge is 0.272 e. The fourth-order valence-corrected chi connectivity index (χ4v) is 3.42. The molecule has 1 aromatic carbocycles. The highest BCUT2D eigenvalue weighted by molar-refractivity contribution is 5.94. The summed E-state index contributed by atoms with van der Waals surface area (Å²) in [5, 5.41) is 15.6. The van der Waals surface area contributed by atoms with Gasteiger partial charge >= 0.3 is 0 Å². The van der Waals surface area contributed by atoms with E-state index < -0.39 is 0 Å². The molecule has 1 aliphatic carbocycles. The summed E-state index contributed by atoms with van der Waals surface area (Å²) < 4.78 is 7.26. The number of rotatable bonds is 5. The van der Waals surface area contributed by atoms with E-state index in [9.17, 15) is 4.79 Å². The van der Waals surface area contributed by atoms with Gasteiger partial charge < -0.3 is 9.64 Å². The second-order valence-electron chi connectivity index (χ2n) is 7.13. The van der Waals surface area contributed by atoms with E-state index >= 15 is 0 Å². The summed E-state index contributed by atoms with van der Waals surface area (Å²) in [7, 11) is 1.62. The Morgan fingerprint density at radius 2 is 2.07 bits per heavy atom. The van der Waals surface area contributed by atoms with Crippen LogP contribution in [0.5, 0.6) is 5.75 Å². The molecule has 27 heavy (non-hydrogen) atoms. The summed E-state index contributed by atoms with van der Waals surface area (Å²) in [6.07, 6.45) is 4.45. The lowest BCUT2D eigenvalue weighted by molar-refractivity contribution is 0.0492. The topological polar surface area (TPSA) is 88.9 Å². The molecule has 0 unspecified atom stereocenters. The van der Waals surface area contributed by atoms with Gasteiger partial charge in [0.1, 0.15) is 11.4 Å². The van der Waals surface area contributed by atoms with E-state index in [0.29, 0.717) is 30.4 Å². The van der Waals surface area contributed by atoms with Crippen LogP contribution < -0.4 is 4.74 Å². The van der Waals surface area contributed by atoms with Crippen molar-refractivity contribution in [3.63, 3.8) is 0 Å². The SMILES string of the molecule is COc1ccccc1-c1cc(C(=O)N2CC(n3cc(C4CC4)nn3)C2)[nH]n1. The van der Waals surface area contributed by atoms with Gasteiger partial charge in [-0.25, -0.2) is 4.68 Å². The Labute approximate surface area is 156 Å². The first-order chi connectivity index (χ1) is 13.2. The quantitative estimate of drug-likeness (QED) is 0.750. The molecule has 1 amide bonds. The van der Waals surface area contributed by atoms with Gasteiger partial charge in [-0.15, -0.1) is 5.10 Å². The normalized spacial score (nSPS) is 17.0. The van der Waals surface area contributed by atoms with Crippen molar-refractivity contribution in [1.29, 1.82) is 0 Å². The first-order valence-electron chi connectivity index (χ1n) is 9.12. The van der Waals surface area contributed by atoms with E-state index in [1.54, 1.807) is 18.1 Å². The lowest BCUT2D eigenvalue weighted by Crippen LogP contribution is -2.51. The van der Waals surface area contributed by atoms with Gasteiger partial charge in [0.2, 0.25) is 0 Å². The number of para-hydroxylation sites is 1. The van der Waals surface area contributed by atoms with Crippen molar-refractivity contribution in [2.45, 2.75) is 24.8 Å². The molecule has 1 saturated carbocycles. The molecule has 0 atom stereocenters. The number of nitrogens with one attached hydrogen (secondary N) is 1. The Balaban J connectivity index is 1.26. The Morgan fingerprint density at radius 1 is 1.26 bits per heavy atom. The molecular formula is C19H20N6O2. The van der Waals surface area contributed by atoms with Crippen LogP contribution in [0.1, 0.15) is 41.0 Å². The minimum Gasteiger partial charge on any atom is -0.496 e. The summed E-state index contributed by atoms with van der Waals surface area (Å²) in [6.45, 7) is 1.27. The van der Waals surface area contributed by atoms with E-state index in [1.807, 2.05) is 35.1 Å². The Kier molecular flexibility index (Phi) is 3.70. The van der Waals surface area contributed by atoms with Gasteiger partial charge in [0.05, 0.1) is 24.5 Å². The average molecular weight is 364 g/mol. The number of hydrogen-bond donors (Lipinski definition) is 1. The monoisotopic (exact) mass is 364 g/mol. The van der Waals surface area contributed by atoms with Gasteiger partial charge in [-0.1, -0.05) is 17.3 Å². The Hall–Kier alpha value is -3.16. The molecule has 3 aromatic rings. The highest BCUT2D eigenvalue weighted by atomic mass is 16.5. The molecule has 0 spiro atoms. The molecule has 3 heterocycles. The van der Waals surface area contributed by atoms with Crippen LogP contribution >= 0.6 is 0 Å². The molecule has 5 rings (SSSR count). The number of carbonyl (C=O) groups excluding carboxylic acids is 1. The highest BCUT2D eigenvalue weighted by Gasteiger charge is 2.35. The molecule has 1 N–H and O–H groups in total. The molecule has 2 aliphatic rings. The van der Waals surface area contributed by atoms with E-state index in [1.165, 1.54) is 12.8 Å². The zero-order chi connectivity index (χ0) is 18.4. The van der Waals surface area contributed by atoms with Crippen molar-refractivity contribution in [3.05, 3.63) is 47.9 Å². The minimum absolute atomic E-state index is 0.0533. The van der Waals surface area contributed by atoms with Gasteiger partial charge in [0, 0.05) is 30.8 Å². The zero-order valence-electron chi connectivity index (χ0n) is 15.0. The molecule has 1 saturated heterocycles. The van der Waals surface area contributed by atoms with Crippen molar-refractivity contribution in [1.82, 2.24) is 30.1 Å². The number of nitrogens with zero attached hydrogens (tertiary/aromatic N) is 5. The molecular weight excluding hydrogens is 344 g/mol. The predicted octanol–water partition coefficient (Wildman–Crippen LogP) is 2.25.